The molecule has 1 aromatic heterocycles. The monoisotopic (exact) mass is 571 g/mol. The van der Waals surface area contributed by atoms with Gasteiger partial charge >= 0.3 is 12.2 Å². The van der Waals surface area contributed by atoms with E-state index in [9.17, 15) is 14.4 Å². The molecule has 4 heterocycles. The number of hydrogen-bond acceptors (Lipinski definition) is 9. The second-order valence-electron chi connectivity index (χ2n) is 12.1. The maximum atomic E-state index is 13.3. The number of ether oxygens (including phenoxy) is 3. The molecule has 1 aromatic carbocycles. The molecule has 3 amide bonds. The average Bonchev–Trinajstić information content (AvgIpc) is 3.21. The number of pyridine rings is 1. The van der Waals surface area contributed by atoms with Crippen molar-refractivity contribution in [2.45, 2.75) is 65.3 Å². The van der Waals surface area contributed by atoms with Gasteiger partial charge < -0.3 is 29.3 Å². The lowest BCUT2D eigenvalue weighted by Crippen LogP contribution is -2.59. The molecule has 0 bridgehead atoms. The molecule has 12 heteroatoms. The Kier molecular flexibility index (Phi) is 6.98. The highest BCUT2D eigenvalue weighted by Gasteiger charge is 2.39. The lowest BCUT2D eigenvalue weighted by Gasteiger charge is -2.45. The molecule has 1 N–H and O–H groups in total. The summed E-state index contributed by atoms with van der Waals surface area (Å²) in [4.78, 5) is 48.1. The number of nitrogens with zero attached hydrogens (tertiary/aromatic N) is 4. The first-order valence-electron chi connectivity index (χ1n) is 13.2. The first-order chi connectivity index (χ1) is 18.7. The molecule has 1 saturated heterocycles. The number of aromatic nitrogens is 1. The third-order valence-corrected chi connectivity index (χ3v) is 6.96. The van der Waals surface area contributed by atoms with Crippen LogP contribution in [0.4, 0.5) is 26.8 Å². The number of carbonyl (C=O) groups is 3. The van der Waals surface area contributed by atoms with Gasteiger partial charge in [0.1, 0.15) is 29.3 Å². The molecule has 0 unspecified atom stereocenters. The summed E-state index contributed by atoms with van der Waals surface area (Å²) < 4.78 is 16.9. The van der Waals surface area contributed by atoms with Crippen molar-refractivity contribution in [2.24, 2.45) is 0 Å². The molecule has 214 valence electrons. The highest BCUT2D eigenvalue weighted by molar-refractivity contribution is 6.32. The predicted molar refractivity (Wildman–Crippen MR) is 150 cm³/mol. The van der Waals surface area contributed by atoms with Crippen LogP contribution in [-0.2, 0) is 16.0 Å². The molecule has 40 heavy (non-hydrogen) atoms. The van der Waals surface area contributed by atoms with Gasteiger partial charge in [-0.1, -0.05) is 11.6 Å². The van der Waals surface area contributed by atoms with Crippen LogP contribution in [0.2, 0.25) is 5.02 Å². The van der Waals surface area contributed by atoms with E-state index in [1.54, 1.807) is 43.9 Å². The van der Waals surface area contributed by atoms with Gasteiger partial charge in [-0.05, 0) is 65.8 Å². The van der Waals surface area contributed by atoms with Crippen molar-refractivity contribution < 1.29 is 28.6 Å². The largest absolute Gasteiger partial charge is 0.474 e. The third-order valence-electron chi connectivity index (χ3n) is 6.60. The van der Waals surface area contributed by atoms with Crippen molar-refractivity contribution >= 4 is 46.9 Å². The summed E-state index contributed by atoms with van der Waals surface area (Å²) in [6.07, 6.45) is -1.05. The van der Waals surface area contributed by atoms with Gasteiger partial charge in [0.15, 0.2) is 0 Å². The van der Waals surface area contributed by atoms with Crippen LogP contribution in [0.25, 0.3) is 0 Å². The number of halogens is 1. The van der Waals surface area contributed by atoms with Crippen LogP contribution in [0.5, 0.6) is 5.88 Å². The van der Waals surface area contributed by atoms with E-state index in [-0.39, 0.29) is 18.7 Å². The number of carbonyl (C=O) groups excluding carboxylic acids is 3. The summed E-state index contributed by atoms with van der Waals surface area (Å²) in [5.74, 6) is 0.436. The number of piperazine rings is 1. The summed E-state index contributed by atoms with van der Waals surface area (Å²) in [5.41, 5.74) is 0.854. The molecular formula is C28H34ClN5O6. The summed E-state index contributed by atoms with van der Waals surface area (Å²) >= 11 is 6.40. The average molecular weight is 572 g/mol. The van der Waals surface area contributed by atoms with Crippen molar-refractivity contribution in [3.63, 3.8) is 0 Å². The number of imide groups is 1. The lowest BCUT2D eigenvalue weighted by atomic mass is 10.1. The molecule has 0 spiro atoms. The lowest BCUT2D eigenvalue weighted by molar-refractivity contribution is 0.0191. The summed E-state index contributed by atoms with van der Waals surface area (Å²) in [5, 5.41) is 3.59. The highest BCUT2D eigenvalue weighted by Crippen LogP contribution is 2.39. The van der Waals surface area contributed by atoms with Crippen molar-refractivity contribution in [2.75, 3.05) is 36.5 Å². The van der Waals surface area contributed by atoms with E-state index < -0.39 is 23.2 Å². The van der Waals surface area contributed by atoms with Crippen LogP contribution in [0.1, 0.15) is 57.5 Å². The minimum absolute atomic E-state index is 0.0226. The fourth-order valence-corrected chi connectivity index (χ4v) is 5.12. The van der Waals surface area contributed by atoms with Gasteiger partial charge in [0.25, 0.3) is 5.91 Å². The maximum absolute atomic E-state index is 13.3. The zero-order chi connectivity index (χ0) is 29.0. The Morgan fingerprint density at radius 3 is 2.42 bits per heavy atom. The molecule has 2 aromatic rings. The summed E-state index contributed by atoms with van der Waals surface area (Å²) in [6.45, 7) is 12.8. The van der Waals surface area contributed by atoms with E-state index in [2.05, 4.69) is 15.2 Å². The first-order valence-corrected chi connectivity index (χ1v) is 13.6. The molecule has 3 aliphatic rings. The van der Waals surface area contributed by atoms with E-state index in [4.69, 9.17) is 25.8 Å². The van der Waals surface area contributed by atoms with E-state index in [1.165, 1.54) is 0 Å². The van der Waals surface area contributed by atoms with Crippen LogP contribution >= 0.6 is 11.6 Å². The minimum atomic E-state index is -0.745. The Hall–Kier alpha value is -3.73. The standard InChI is InChI=1S/C28H34ClN5O6/c1-27(2,3)39-25(36)32-11-12-33-16(13-32)15-38-23-20(33)9-10-21(31-23)30-19-8-7-18(29)17-14-34(24(35)22(17)19)26(37)40-28(4,5)6/h7-10,16H,11-15H2,1-6H3,(H,30,31)/t16-/m1/s1. The Balaban J connectivity index is 1.32. The van der Waals surface area contributed by atoms with Crippen molar-refractivity contribution in [3.8, 4) is 5.88 Å². The predicted octanol–water partition coefficient (Wildman–Crippen LogP) is 5.19. The first kappa shape index (κ1) is 27.8. The molecule has 0 radical (unpaired) electrons. The normalized spacial score (nSPS) is 18.4. The second-order valence-corrected chi connectivity index (χ2v) is 12.5. The quantitative estimate of drug-likeness (QED) is 0.520. The van der Waals surface area contributed by atoms with Crippen LogP contribution in [0.3, 0.4) is 0 Å². The Labute approximate surface area is 238 Å². The van der Waals surface area contributed by atoms with Gasteiger partial charge in [-0.25, -0.2) is 14.5 Å². The molecule has 0 aliphatic carbocycles. The fraction of sp³-hybridized carbons (Fsp3) is 0.500. The van der Waals surface area contributed by atoms with Crippen molar-refractivity contribution in [1.29, 1.82) is 0 Å². The maximum Gasteiger partial charge on any atom is 0.417 e. The van der Waals surface area contributed by atoms with Crippen LogP contribution in [-0.4, -0.2) is 76.4 Å². The molecule has 11 nitrogen and oxygen atoms in total. The van der Waals surface area contributed by atoms with E-state index in [1.807, 2.05) is 26.8 Å². The highest BCUT2D eigenvalue weighted by atomic mass is 35.5. The van der Waals surface area contributed by atoms with Crippen molar-refractivity contribution in [1.82, 2.24) is 14.8 Å². The second kappa shape index (κ2) is 10.0. The Morgan fingerprint density at radius 1 is 1.02 bits per heavy atom. The van der Waals surface area contributed by atoms with Crippen LogP contribution < -0.4 is 15.0 Å². The Bertz CT molecular complexity index is 1370. The van der Waals surface area contributed by atoms with Gasteiger partial charge in [0.05, 0.1) is 23.8 Å². The van der Waals surface area contributed by atoms with Gasteiger partial charge in [0.2, 0.25) is 5.88 Å². The number of rotatable bonds is 2. The topological polar surface area (TPSA) is 114 Å². The SMILES string of the molecule is CC(C)(C)OC(=O)N1CCN2c3ccc(Nc4ccc(Cl)c5c4C(=O)N(C(=O)OC(C)(C)C)C5)nc3OC[C@H]2C1. The smallest absolute Gasteiger partial charge is 0.417 e. The molecule has 1 fully saturated rings. The van der Waals surface area contributed by atoms with Crippen LogP contribution in [0, 0.1) is 0 Å². The van der Waals surface area contributed by atoms with Crippen molar-refractivity contribution in [3.05, 3.63) is 40.4 Å². The van der Waals surface area contributed by atoms with E-state index in [0.717, 1.165) is 10.6 Å². The number of fused-ring (bicyclic) bond motifs is 4. The fourth-order valence-electron chi connectivity index (χ4n) is 4.90. The number of hydrogen-bond donors (Lipinski definition) is 1. The zero-order valence-electron chi connectivity index (χ0n) is 23.5. The third kappa shape index (κ3) is 5.60. The van der Waals surface area contributed by atoms with E-state index >= 15 is 0 Å². The molecule has 0 saturated carbocycles. The number of benzene rings is 1. The summed E-state index contributed by atoms with van der Waals surface area (Å²) in [6, 6.07) is 7.05. The van der Waals surface area contributed by atoms with Crippen LogP contribution in [0.15, 0.2) is 24.3 Å². The van der Waals surface area contributed by atoms with E-state index in [0.29, 0.717) is 59.8 Å². The number of nitrogens with one attached hydrogen (secondary N) is 1. The van der Waals surface area contributed by atoms with Gasteiger partial charge in [-0.15, -0.1) is 0 Å². The summed E-state index contributed by atoms with van der Waals surface area (Å²) in [7, 11) is 0. The molecule has 3 aliphatic heterocycles. The zero-order valence-corrected chi connectivity index (χ0v) is 24.3. The Morgan fingerprint density at radius 2 is 1.73 bits per heavy atom. The number of anilines is 3. The minimum Gasteiger partial charge on any atom is -0.474 e. The van der Waals surface area contributed by atoms with Gasteiger partial charge in [-0.2, -0.15) is 4.98 Å². The van der Waals surface area contributed by atoms with Gasteiger partial charge in [0, 0.05) is 30.2 Å². The molecular weight excluding hydrogens is 538 g/mol. The molecule has 1 atom stereocenters. The van der Waals surface area contributed by atoms with Gasteiger partial charge in [-0.3, -0.25) is 4.79 Å². The number of amides is 3. The molecule has 5 rings (SSSR count).